The van der Waals surface area contributed by atoms with Crippen LogP contribution in [0.3, 0.4) is 0 Å². The van der Waals surface area contributed by atoms with Gasteiger partial charge in [-0.2, -0.15) is 0 Å². The second-order valence-corrected chi connectivity index (χ2v) is 5.34. The van der Waals surface area contributed by atoms with Gasteiger partial charge in [-0.25, -0.2) is 4.79 Å². The molecule has 2 aromatic carbocycles. The van der Waals surface area contributed by atoms with Gasteiger partial charge in [0.25, 0.3) is 0 Å². The topological polar surface area (TPSA) is 58.6 Å². The zero-order chi connectivity index (χ0) is 16.8. The van der Waals surface area contributed by atoms with Crippen LogP contribution in [0.15, 0.2) is 54.6 Å². The van der Waals surface area contributed by atoms with Crippen LogP contribution in [-0.2, 0) is 9.53 Å². The summed E-state index contributed by atoms with van der Waals surface area (Å²) in [6, 6.07) is 15.8. The molecule has 0 radical (unpaired) electrons. The Bertz CT molecular complexity index is 684. The highest BCUT2D eigenvalue weighted by molar-refractivity contribution is 5.97. The minimum absolute atomic E-state index is 0.164. The summed E-state index contributed by atoms with van der Waals surface area (Å²) in [6.45, 7) is 0. The fraction of sp³-hybridized carbons (Fsp3) is 0.222. The first kappa shape index (κ1) is 16.7. The van der Waals surface area contributed by atoms with Gasteiger partial charge in [0.2, 0.25) is 5.91 Å². The fourth-order valence-corrected chi connectivity index (χ4v) is 2.37. The molecular formula is C18H20N2O3. The Morgan fingerprint density at radius 1 is 1.04 bits per heavy atom. The minimum atomic E-state index is -0.437. The second kappa shape index (κ2) is 7.56. The van der Waals surface area contributed by atoms with Crippen LogP contribution < -0.4 is 5.32 Å². The number of esters is 1. The van der Waals surface area contributed by atoms with Gasteiger partial charge in [0, 0.05) is 5.69 Å². The van der Waals surface area contributed by atoms with Crippen LogP contribution in [0.2, 0.25) is 0 Å². The van der Waals surface area contributed by atoms with E-state index in [0.717, 1.165) is 5.56 Å². The Morgan fingerprint density at radius 2 is 1.74 bits per heavy atom. The lowest BCUT2D eigenvalue weighted by Crippen LogP contribution is -2.32. The molecule has 2 aromatic rings. The maximum absolute atomic E-state index is 12.6. The van der Waals surface area contributed by atoms with Crippen LogP contribution in [0.25, 0.3) is 0 Å². The van der Waals surface area contributed by atoms with Gasteiger partial charge in [-0.3, -0.25) is 9.69 Å². The fourth-order valence-electron chi connectivity index (χ4n) is 2.37. The third-order valence-corrected chi connectivity index (χ3v) is 3.43. The number of carbonyl (C=O) groups excluding carboxylic acids is 2. The highest BCUT2D eigenvalue weighted by Crippen LogP contribution is 2.21. The Kier molecular flexibility index (Phi) is 5.49. The molecule has 0 aliphatic carbocycles. The van der Waals surface area contributed by atoms with E-state index in [4.69, 9.17) is 4.74 Å². The summed E-state index contributed by atoms with van der Waals surface area (Å²) in [4.78, 5) is 26.1. The normalized spacial score (nSPS) is 11.8. The molecule has 0 bridgehead atoms. The molecule has 0 aromatic heterocycles. The number of likely N-dealkylation sites (N-methyl/N-ethyl adjacent to an activating group) is 1. The third kappa shape index (κ3) is 4.17. The summed E-state index contributed by atoms with van der Waals surface area (Å²) in [7, 11) is 5.02. The van der Waals surface area contributed by atoms with Crippen molar-refractivity contribution in [1.29, 1.82) is 0 Å². The quantitative estimate of drug-likeness (QED) is 0.863. The van der Waals surface area contributed by atoms with E-state index < -0.39 is 12.0 Å². The third-order valence-electron chi connectivity index (χ3n) is 3.43. The van der Waals surface area contributed by atoms with Gasteiger partial charge in [-0.1, -0.05) is 36.4 Å². The predicted molar refractivity (Wildman–Crippen MR) is 89.3 cm³/mol. The van der Waals surface area contributed by atoms with Gasteiger partial charge in [0.15, 0.2) is 0 Å². The first-order chi connectivity index (χ1) is 11.0. The molecule has 1 atom stereocenters. The Labute approximate surface area is 135 Å². The first-order valence-corrected chi connectivity index (χ1v) is 7.23. The number of amides is 1. The molecule has 1 unspecified atom stereocenters. The van der Waals surface area contributed by atoms with Gasteiger partial charge >= 0.3 is 5.97 Å². The molecule has 0 aliphatic rings. The minimum Gasteiger partial charge on any atom is -0.465 e. The summed E-state index contributed by atoms with van der Waals surface area (Å²) in [6.07, 6.45) is 0. The van der Waals surface area contributed by atoms with Crippen LogP contribution in [0, 0.1) is 0 Å². The Morgan fingerprint density at radius 3 is 2.35 bits per heavy atom. The molecule has 2 rings (SSSR count). The Hall–Kier alpha value is -2.66. The van der Waals surface area contributed by atoms with Crippen LogP contribution in [0.5, 0.6) is 0 Å². The summed E-state index contributed by atoms with van der Waals surface area (Å²) in [5, 5.41) is 2.85. The van der Waals surface area contributed by atoms with E-state index in [1.807, 2.05) is 49.3 Å². The highest BCUT2D eigenvalue weighted by atomic mass is 16.5. The number of methoxy groups -OCH3 is 1. The number of nitrogens with zero attached hydrogens (tertiary/aromatic N) is 1. The zero-order valence-corrected chi connectivity index (χ0v) is 13.4. The summed E-state index contributed by atoms with van der Waals surface area (Å²) < 4.78 is 4.69. The molecule has 0 saturated carbocycles. The van der Waals surface area contributed by atoms with Gasteiger partial charge in [0.1, 0.15) is 6.04 Å². The average Bonchev–Trinajstić information content (AvgIpc) is 2.55. The van der Waals surface area contributed by atoms with E-state index in [0.29, 0.717) is 11.3 Å². The first-order valence-electron chi connectivity index (χ1n) is 7.23. The van der Waals surface area contributed by atoms with Crippen LogP contribution in [-0.4, -0.2) is 38.0 Å². The summed E-state index contributed by atoms with van der Waals surface area (Å²) in [5.41, 5.74) is 1.85. The monoisotopic (exact) mass is 312 g/mol. The van der Waals surface area contributed by atoms with Crippen molar-refractivity contribution in [2.75, 3.05) is 26.5 Å². The number of hydrogen-bond donors (Lipinski definition) is 1. The van der Waals surface area contributed by atoms with E-state index in [2.05, 4.69) is 5.32 Å². The largest absolute Gasteiger partial charge is 0.465 e. The maximum atomic E-state index is 12.6. The number of carbonyl (C=O) groups is 2. The lowest BCUT2D eigenvalue weighted by molar-refractivity contribution is -0.120. The van der Waals surface area contributed by atoms with E-state index in [1.54, 1.807) is 24.3 Å². The molecule has 0 heterocycles. The van der Waals surface area contributed by atoms with Crippen molar-refractivity contribution in [3.63, 3.8) is 0 Å². The van der Waals surface area contributed by atoms with Crippen molar-refractivity contribution in [2.24, 2.45) is 0 Å². The van der Waals surface area contributed by atoms with Crippen molar-refractivity contribution < 1.29 is 14.3 Å². The van der Waals surface area contributed by atoms with Crippen molar-refractivity contribution >= 4 is 17.6 Å². The molecule has 120 valence electrons. The second-order valence-electron chi connectivity index (χ2n) is 5.34. The molecule has 1 amide bonds. The summed E-state index contributed by atoms with van der Waals surface area (Å²) in [5.74, 6) is -0.600. The van der Waals surface area contributed by atoms with E-state index in [-0.39, 0.29) is 5.91 Å². The number of benzene rings is 2. The molecule has 0 fully saturated rings. The number of hydrogen-bond acceptors (Lipinski definition) is 4. The summed E-state index contributed by atoms with van der Waals surface area (Å²) >= 11 is 0. The molecule has 5 nitrogen and oxygen atoms in total. The van der Waals surface area contributed by atoms with Gasteiger partial charge in [-0.15, -0.1) is 0 Å². The van der Waals surface area contributed by atoms with Crippen molar-refractivity contribution in [3.05, 3.63) is 65.7 Å². The van der Waals surface area contributed by atoms with Crippen molar-refractivity contribution in [3.8, 4) is 0 Å². The van der Waals surface area contributed by atoms with E-state index >= 15 is 0 Å². The molecular weight excluding hydrogens is 292 g/mol. The lowest BCUT2D eigenvalue weighted by Gasteiger charge is -2.24. The predicted octanol–water partition coefficient (Wildman–Crippen LogP) is 2.71. The van der Waals surface area contributed by atoms with Crippen LogP contribution >= 0.6 is 0 Å². The van der Waals surface area contributed by atoms with Crippen molar-refractivity contribution in [1.82, 2.24) is 4.90 Å². The number of nitrogens with one attached hydrogen (secondary N) is 1. The zero-order valence-electron chi connectivity index (χ0n) is 13.4. The van der Waals surface area contributed by atoms with Gasteiger partial charge in [-0.05, 0) is 37.9 Å². The van der Waals surface area contributed by atoms with Crippen LogP contribution in [0.4, 0.5) is 5.69 Å². The van der Waals surface area contributed by atoms with E-state index in [9.17, 15) is 9.59 Å². The average molecular weight is 312 g/mol. The molecule has 0 spiro atoms. The molecule has 0 saturated heterocycles. The molecule has 5 heteroatoms. The van der Waals surface area contributed by atoms with Gasteiger partial charge < -0.3 is 10.1 Å². The highest BCUT2D eigenvalue weighted by Gasteiger charge is 2.22. The molecule has 0 aliphatic heterocycles. The lowest BCUT2D eigenvalue weighted by atomic mass is 10.1. The molecule has 23 heavy (non-hydrogen) atoms. The standard InChI is InChI=1S/C18H20N2O3/c1-20(2)16(13-8-5-4-6-9-13)17(21)19-15-11-7-10-14(12-15)18(22)23-3/h4-12,16H,1-3H3,(H,19,21). The molecule has 1 N–H and O–H groups in total. The van der Waals surface area contributed by atoms with Gasteiger partial charge in [0.05, 0.1) is 12.7 Å². The maximum Gasteiger partial charge on any atom is 0.337 e. The Balaban J connectivity index is 2.21. The number of ether oxygens (including phenoxy) is 1. The van der Waals surface area contributed by atoms with Crippen LogP contribution in [0.1, 0.15) is 22.0 Å². The number of anilines is 1. The van der Waals surface area contributed by atoms with Crippen molar-refractivity contribution in [2.45, 2.75) is 6.04 Å². The SMILES string of the molecule is COC(=O)c1cccc(NC(=O)C(c2ccccc2)N(C)C)c1. The van der Waals surface area contributed by atoms with E-state index in [1.165, 1.54) is 7.11 Å². The smallest absolute Gasteiger partial charge is 0.337 e. The number of rotatable bonds is 5.